The number of benzene rings is 1. The monoisotopic (exact) mass is 438 g/mol. The zero-order valence-electron chi connectivity index (χ0n) is 18.7. The Morgan fingerprint density at radius 1 is 0.970 bits per heavy atom. The number of hydrogen-bond acceptors (Lipinski definition) is 5. The van der Waals surface area contributed by atoms with Gasteiger partial charge in [0.15, 0.2) is 0 Å². The Morgan fingerprint density at radius 2 is 1.85 bits per heavy atom. The van der Waals surface area contributed by atoms with Crippen LogP contribution in [0.4, 0.5) is 0 Å². The first-order valence-electron chi connectivity index (χ1n) is 10.9. The van der Waals surface area contributed by atoms with Gasteiger partial charge in [0.05, 0.1) is 11.4 Å². The fourth-order valence-electron chi connectivity index (χ4n) is 3.50. The van der Waals surface area contributed by atoms with Crippen molar-refractivity contribution >= 4 is 5.91 Å². The standard InChI is InChI=1S/C27H26N4O2/c1-18-6-9-24(31-16-18)21-13-22(26(32)25-5-3-4-11-28-25)15-23(14-21)27(33)29-12-10-20-8-7-19(2)30-17-20/h3-9,11,13-17,26,32H,10,12H2,1-2H3,(H,29,33)/t26-/m1/s1. The van der Waals surface area contributed by atoms with Crippen molar-refractivity contribution in [3.8, 4) is 11.3 Å². The van der Waals surface area contributed by atoms with Crippen molar-refractivity contribution in [1.82, 2.24) is 20.3 Å². The van der Waals surface area contributed by atoms with Crippen LogP contribution in [0.1, 0.15) is 44.5 Å². The van der Waals surface area contributed by atoms with E-state index in [0.717, 1.165) is 28.1 Å². The lowest BCUT2D eigenvalue weighted by atomic mass is 9.97. The summed E-state index contributed by atoms with van der Waals surface area (Å²) in [5.74, 6) is -0.210. The third kappa shape index (κ3) is 5.67. The molecule has 0 fully saturated rings. The molecule has 0 spiro atoms. The highest BCUT2D eigenvalue weighted by Crippen LogP contribution is 2.27. The Morgan fingerprint density at radius 3 is 2.55 bits per heavy atom. The second kappa shape index (κ2) is 10.1. The summed E-state index contributed by atoms with van der Waals surface area (Å²) in [4.78, 5) is 26.0. The number of carbonyl (C=O) groups is 1. The van der Waals surface area contributed by atoms with Gasteiger partial charge in [0.2, 0.25) is 0 Å². The summed E-state index contributed by atoms with van der Waals surface area (Å²) >= 11 is 0. The van der Waals surface area contributed by atoms with Gasteiger partial charge in [-0.2, -0.15) is 0 Å². The van der Waals surface area contributed by atoms with Crippen molar-refractivity contribution in [3.63, 3.8) is 0 Å². The van der Waals surface area contributed by atoms with Gasteiger partial charge in [0.1, 0.15) is 6.10 Å². The number of nitrogens with zero attached hydrogens (tertiary/aromatic N) is 3. The van der Waals surface area contributed by atoms with Crippen molar-refractivity contribution in [3.05, 3.63) is 113 Å². The van der Waals surface area contributed by atoms with Gasteiger partial charge in [-0.25, -0.2) is 0 Å². The maximum Gasteiger partial charge on any atom is 0.251 e. The molecule has 0 aliphatic rings. The third-order valence-electron chi connectivity index (χ3n) is 5.38. The van der Waals surface area contributed by atoms with Gasteiger partial charge in [-0.1, -0.05) is 18.2 Å². The molecule has 0 saturated heterocycles. The van der Waals surface area contributed by atoms with E-state index in [1.54, 1.807) is 36.7 Å². The lowest BCUT2D eigenvalue weighted by Gasteiger charge is -2.15. The van der Waals surface area contributed by atoms with Crippen molar-refractivity contribution in [2.45, 2.75) is 26.4 Å². The summed E-state index contributed by atoms with van der Waals surface area (Å²) in [6.07, 6.45) is 4.97. The minimum absolute atomic E-state index is 0.210. The molecule has 3 heterocycles. The number of rotatable bonds is 7. The normalized spacial score (nSPS) is 11.7. The molecule has 4 rings (SSSR count). The molecule has 2 N–H and O–H groups in total. The molecule has 166 valence electrons. The topological polar surface area (TPSA) is 88.0 Å². The molecule has 0 saturated carbocycles. The molecule has 0 aliphatic carbocycles. The summed E-state index contributed by atoms with van der Waals surface area (Å²) in [6, 6.07) is 18.6. The van der Waals surface area contributed by atoms with Crippen LogP contribution >= 0.6 is 0 Å². The fraction of sp³-hybridized carbons (Fsp3) is 0.185. The molecular formula is C27H26N4O2. The first kappa shape index (κ1) is 22.3. The molecule has 1 atom stereocenters. The van der Waals surface area contributed by atoms with Gasteiger partial charge >= 0.3 is 0 Å². The van der Waals surface area contributed by atoms with Gasteiger partial charge in [-0.05, 0) is 79.4 Å². The van der Waals surface area contributed by atoms with Crippen molar-refractivity contribution < 1.29 is 9.90 Å². The molecule has 1 amide bonds. The maximum absolute atomic E-state index is 13.0. The number of aliphatic hydroxyl groups is 1. The predicted octanol–water partition coefficient (Wildman–Crippen LogP) is 4.21. The number of nitrogens with one attached hydrogen (secondary N) is 1. The van der Waals surface area contributed by atoms with Crippen LogP contribution in [0.5, 0.6) is 0 Å². The average molecular weight is 439 g/mol. The van der Waals surface area contributed by atoms with Gasteiger partial charge in [0.25, 0.3) is 5.91 Å². The SMILES string of the molecule is Cc1ccc(-c2cc(C(=O)NCCc3ccc(C)nc3)cc([C@@H](O)c3ccccn3)c2)nc1. The first-order chi connectivity index (χ1) is 16.0. The Hall–Kier alpha value is -3.90. The van der Waals surface area contributed by atoms with Crippen LogP contribution in [0.25, 0.3) is 11.3 Å². The van der Waals surface area contributed by atoms with Crippen molar-refractivity contribution in [1.29, 1.82) is 0 Å². The first-order valence-corrected chi connectivity index (χ1v) is 10.9. The Labute approximate surface area is 193 Å². The van der Waals surface area contributed by atoms with Crippen molar-refractivity contribution in [2.24, 2.45) is 0 Å². The van der Waals surface area contributed by atoms with Crippen LogP contribution in [0.15, 0.2) is 79.3 Å². The average Bonchev–Trinajstić information content (AvgIpc) is 2.85. The van der Waals surface area contributed by atoms with Crippen LogP contribution in [0, 0.1) is 13.8 Å². The highest BCUT2D eigenvalue weighted by Gasteiger charge is 2.17. The van der Waals surface area contributed by atoms with E-state index in [2.05, 4.69) is 20.3 Å². The van der Waals surface area contributed by atoms with Crippen LogP contribution in [-0.2, 0) is 6.42 Å². The van der Waals surface area contributed by atoms with Crippen LogP contribution in [-0.4, -0.2) is 32.5 Å². The quantitative estimate of drug-likeness (QED) is 0.451. The lowest BCUT2D eigenvalue weighted by Crippen LogP contribution is -2.26. The second-order valence-corrected chi connectivity index (χ2v) is 8.04. The predicted molar refractivity (Wildman–Crippen MR) is 128 cm³/mol. The molecule has 1 aromatic carbocycles. The lowest BCUT2D eigenvalue weighted by molar-refractivity contribution is 0.0954. The fourth-order valence-corrected chi connectivity index (χ4v) is 3.50. The molecule has 3 aromatic heterocycles. The summed E-state index contributed by atoms with van der Waals surface area (Å²) in [7, 11) is 0. The number of hydrogen-bond donors (Lipinski definition) is 2. The third-order valence-corrected chi connectivity index (χ3v) is 5.38. The summed E-state index contributed by atoms with van der Waals surface area (Å²) in [5.41, 5.74) is 6.12. The van der Waals surface area contributed by atoms with Gasteiger partial charge < -0.3 is 10.4 Å². The van der Waals surface area contributed by atoms with E-state index in [4.69, 9.17) is 0 Å². The Balaban J connectivity index is 1.60. The largest absolute Gasteiger partial charge is 0.382 e. The molecule has 0 radical (unpaired) electrons. The highest BCUT2D eigenvalue weighted by atomic mass is 16.3. The number of aliphatic hydroxyl groups excluding tert-OH is 1. The van der Waals surface area contributed by atoms with Crippen molar-refractivity contribution in [2.75, 3.05) is 6.54 Å². The van der Waals surface area contributed by atoms with E-state index >= 15 is 0 Å². The van der Waals surface area contributed by atoms with E-state index in [9.17, 15) is 9.90 Å². The maximum atomic E-state index is 13.0. The van der Waals surface area contributed by atoms with E-state index in [1.807, 2.05) is 56.4 Å². The number of amides is 1. The van der Waals surface area contributed by atoms with E-state index in [-0.39, 0.29) is 5.91 Å². The van der Waals surface area contributed by atoms with Crippen LogP contribution < -0.4 is 5.32 Å². The van der Waals surface area contributed by atoms with Gasteiger partial charge in [-0.15, -0.1) is 0 Å². The zero-order chi connectivity index (χ0) is 23.2. The Bertz CT molecular complexity index is 1220. The van der Waals surface area contributed by atoms with E-state index in [1.165, 1.54) is 0 Å². The minimum Gasteiger partial charge on any atom is -0.382 e. The summed E-state index contributed by atoms with van der Waals surface area (Å²) < 4.78 is 0. The molecule has 6 heteroatoms. The van der Waals surface area contributed by atoms with Gasteiger partial charge in [0, 0.05) is 42.0 Å². The van der Waals surface area contributed by atoms with Gasteiger partial charge in [-0.3, -0.25) is 19.7 Å². The number of carbonyl (C=O) groups excluding carboxylic acids is 1. The number of aromatic nitrogens is 3. The number of pyridine rings is 3. The smallest absolute Gasteiger partial charge is 0.251 e. The molecule has 4 aromatic rings. The summed E-state index contributed by atoms with van der Waals surface area (Å²) in [5, 5.41) is 13.9. The molecular weight excluding hydrogens is 412 g/mol. The summed E-state index contributed by atoms with van der Waals surface area (Å²) in [6.45, 7) is 4.40. The Kier molecular flexibility index (Phi) is 6.86. The molecule has 6 nitrogen and oxygen atoms in total. The number of aryl methyl sites for hydroxylation is 2. The molecule has 0 bridgehead atoms. The van der Waals surface area contributed by atoms with Crippen LogP contribution in [0.2, 0.25) is 0 Å². The highest BCUT2D eigenvalue weighted by molar-refractivity contribution is 5.95. The molecule has 0 unspecified atom stereocenters. The van der Waals surface area contributed by atoms with E-state index < -0.39 is 6.10 Å². The molecule has 0 aliphatic heterocycles. The van der Waals surface area contributed by atoms with Crippen LogP contribution in [0.3, 0.4) is 0 Å². The molecule has 33 heavy (non-hydrogen) atoms. The zero-order valence-corrected chi connectivity index (χ0v) is 18.7. The van der Waals surface area contributed by atoms with E-state index in [0.29, 0.717) is 29.8 Å². The second-order valence-electron chi connectivity index (χ2n) is 8.04. The minimum atomic E-state index is -0.957.